The van der Waals surface area contributed by atoms with Crippen LogP contribution in [0.25, 0.3) is 0 Å². The number of nitrogens with zero attached hydrogens (tertiary/aromatic N) is 1. The molecule has 0 bridgehead atoms. The van der Waals surface area contributed by atoms with Crippen LogP contribution in [0.5, 0.6) is 0 Å². The van der Waals surface area contributed by atoms with E-state index >= 15 is 0 Å². The van der Waals surface area contributed by atoms with Crippen molar-refractivity contribution < 1.29 is 8.42 Å². The van der Waals surface area contributed by atoms with Crippen LogP contribution in [0.1, 0.15) is 18.4 Å². The van der Waals surface area contributed by atoms with E-state index in [1.807, 2.05) is 18.2 Å². The number of hydrogen-bond acceptors (Lipinski definition) is 4. The summed E-state index contributed by atoms with van der Waals surface area (Å²) in [6.45, 7) is 4.58. The van der Waals surface area contributed by atoms with Gasteiger partial charge in [-0.15, -0.1) is 12.4 Å². The van der Waals surface area contributed by atoms with Crippen molar-refractivity contribution in [2.75, 3.05) is 31.9 Å². The van der Waals surface area contributed by atoms with Crippen LogP contribution in [0.15, 0.2) is 29.2 Å². The van der Waals surface area contributed by atoms with Gasteiger partial charge in [0.05, 0.1) is 10.6 Å². The lowest BCUT2D eigenvalue weighted by Crippen LogP contribution is -2.38. The van der Waals surface area contributed by atoms with Crippen LogP contribution in [0.3, 0.4) is 0 Å². The van der Waals surface area contributed by atoms with Gasteiger partial charge in [0.2, 0.25) is 0 Å². The zero-order chi connectivity index (χ0) is 14.0. The normalized spacial score (nSPS) is 25.4. The van der Waals surface area contributed by atoms with Gasteiger partial charge in [-0.25, -0.2) is 8.42 Å². The van der Waals surface area contributed by atoms with Gasteiger partial charge in [0.25, 0.3) is 0 Å². The topological polar surface area (TPSA) is 49.4 Å². The third-order valence-electron chi connectivity index (χ3n) is 4.29. The number of rotatable bonds is 2. The van der Waals surface area contributed by atoms with Crippen LogP contribution in [-0.4, -0.2) is 45.2 Å². The average molecular weight is 331 g/mol. The van der Waals surface area contributed by atoms with Crippen molar-refractivity contribution in [3.8, 4) is 0 Å². The molecule has 2 aliphatic heterocycles. The minimum Gasteiger partial charge on any atom is -0.316 e. The Morgan fingerprint density at radius 1 is 1.29 bits per heavy atom. The second-order valence-electron chi connectivity index (χ2n) is 5.87. The summed E-state index contributed by atoms with van der Waals surface area (Å²) < 4.78 is 24.6. The first-order valence-corrected chi connectivity index (χ1v) is 9.04. The van der Waals surface area contributed by atoms with E-state index in [4.69, 9.17) is 0 Å². The van der Waals surface area contributed by atoms with Crippen LogP contribution in [0.2, 0.25) is 0 Å². The molecule has 0 aliphatic carbocycles. The fraction of sp³-hybridized carbons (Fsp3) is 0.600. The highest BCUT2D eigenvalue weighted by Crippen LogP contribution is 2.23. The summed E-state index contributed by atoms with van der Waals surface area (Å²) in [7, 11) is -3.11. The van der Waals surface area contributed by atoms with Crippen LogP contribution in [-0.2, 0) is 16.4 Å². The Morgan fingerprint density at radius 3 is 2.86 bits per heavy atom. The minimum absolute atomic E-state index is 0. The summed E-state index contributed by atoms with van der Waals surface area (Å²) in [6.07, 6.45) is 2.48. The minimum atomic E-state index is -3.11. The molecule has 2 aliphatic rings. The number of nitrogens with one attached hydrogen (secondary N) is 1. The first-order chi connectivity index (χ1) is 9.65. The maximum absolute atomic E-state index is 12.3. The number of fused-ring (bicyclic) bond motifs is 1. The fourth-order valence-corrected chi connectivity index (χ4v) is 4.75. The Kier molecular flexibility index (Phi) is 5.66. The smallest absolute Gasteiger partial charge is 0.179 e. The molecule has 0 spiro atoms. The molecule has 2 heterocycles. The summed E-state index contributed by atoms with van der Waals surface area (Å²) in [5.74, 6) is 0.890. The predicted molar refractivity (Wildman–Crippen MR) is 86.6 cm³/mol. The molecule has 1 fully saturated rings. The summed E-state index contributed by atoms with van der Waals surface area (Å²) >= 11 is 0. The van der Waals surface area contributed by atoms with Gasteiger partial charge >= 0.3 is 0 Å². The van der Waals surface area contributed by atoms with E-state index in [1.165, 1.54) is 12.8 Å². The Morgan fingerprint density at radius 2 is 2.10 bits per heavy atom. The first-order valence-electron chi connectivity index (χ1n) is 7.39. The average Bonchev–Trinajstić information content (AvgIpc) is 2.58. The number of hydrogen-bond donors (Lipinski definition) is 1. The second kappa shape index (κ2) is 7.09. The molecule has 0 radical (unpaired) electrons. The third kappa shape index (κ3) is 3.97. The summed E-state index contributed by atoms with van der Waals surface area (Å²) in [6, 6.07) is 7.44. The van der Waals surface area contributed by atoms with E-state index in [9.17, 15) is 8.42 Å². The lowest BCUT2D eigenvalue weighted by atomic mass is 9.99. The molecule has 1 unspecified atom stereocenters. The molecule has 0 amide bonds. The molecule has 3 rings (SSSR count). The zero-order valence-corrected chi connectivity index (χ0v) is 13.8. The molecule has 0 aromatic heterocycles. The van der Waals surface area contributed by atoms with Gasteiger partial charge in [-0.3, -0.25) is 4.90 Å². The molecule has 21 heavy (non-hydrogen) atoms. The van der Waals surface area contributed by atoms with Gasteiger partial charge in [0.15, 0.2) is 9.84 Å². The fourth-order valence-electron chi connectivity index (χ4n) is 3.22. The van der Waals surface area contributed by atoms with E-state index in [2.05, 4.69) is 10.2 Å². The summed E-state index contributed by atoms with van der Waals surface area (Å²) in [5, 5.41) is 3.43. The van der Waals surface area contributed by atoms with Crippen molar-refractivity contribution in [2.45, 2.75) is 24.3 Å². The highest BCUT2D eigenvalue weighted by Gasteiger charge is 2.26. The van der Waals surface area contributed by atoms with Gasteiger partial charge in [0, 0.05) is 19.6 Å². The molecule has 1 N–H and O–H groups in total. The largest absolute Gasteiger partial charge is 0.316 e. The van der Waals surface area contributed by atoms with E-state index in [0.717, 1.165) is 31.7 Å². The Hall–Kier alpha value is -0.620. The Balaban J connectivity index is 0.00000161. The van der Waals surface area contributed by atoms with Crippen molar-refractivity contribution in [1.29, 1.82) is 0 Å². The van der Waals surface area contributed by atoms with Crippen LogP contribution >= 0.6 is 12.4 Å². The molecule has 118 valence electrons. The van der Waals surface area contributed by atoms with Gasteiger partial charge in [-0.2, -0.15) is 0 Å². The number of sulfone groups is 1. The van der Waals surface area contributed by atoms with Crippen molar-refractivity contribution in [1.82, 2.24) is 10.2 Å². The van der Waals surface area contributed by atoms with E-state index in [0.29, 0.717) is 17.4 Å². The molecule has 1 aromatic rings. The van der Waals surface area contributed by atoms with Gasteiger partial charge in [0.1, 0.15) is 0 Å². The zero-order valence-electron chi connectivity index (χ0n) is 12.1. The SMILES string of the molecule is Cl.O=S1(=O)CCN(CC2CCCNC2)Cc2ccccc21. The Bertz CT molecular complexity index is 571. The molecular weight excluding hydrogens is 308 g/mol. The predicted octanol–water partition coefficient (Wildman–Crippen LogP) is 1.70. The van der Waals surface area contributed by atoms with Crippen molar-refractivity contribution in [2.24, 2.45) is 5.92 Å². The Labute approximate surface area is 133 Å². The first kappa shape index (κ1) is 16.7. The van der Waals surface area contributed by atoms with Gasteiger partial charge in [-0.1, -0.05) is 18.2 Å². The molecule has 1 aromatic carbocycles. The van der Waals surface area contributed by atoms with E-state index < -0.39 is 9.84 Å². The quantitative estimate of drug-likeness (QED) is 0.896. The monoisotopic (exact) mass is 330 g/mol. The van der Waals surface area contributed by atoms with Crippen LogP contribution < -0.4 is 5.32 Å². The summed E-state index contributed by atoms with van der Waals surface area (Å²) in [5.41, 5.74) is 0.953. The highest BCUT2D eigenvalue weighted by molar-refractivity contribution is 7.91. The van der Waals surface area contributed by atoms with Crippen molar-refractivity contribution in [3.05, 3.63) is 29.8 Å². The number of piperidine rings is 1. The third-order valence-corrected chi connectivity index (χ3v) is 6.08. The number of halogens is 1. The molecule has 6 heteroatoms. The molecule has 1 atom stereocenters. The lowest BCUT2D eigenvalue weighted by Gasteiger charge is -2.29. The van der Waals surface area contributed by atoms with E-state index in [-0.39, 0.29) is 18.2 Å². The maximum atomic E-state index is 12.3. The van der Waals surface area contributed by atoms with Gasteiger partial charge in [-0.05, 0) is 43.5 Å². The molecule has 4 nitrogen and oxygen atoms in total. The van der Waals surface area contributed by atoms with Crippen LogP contribution in [0, 0.1) is 5.92 Å². The number of benzene rings is 1. The van der Waals surface area contributed by atoms with Gasteiger partial charge < -0.3 is 5.32 Å². The second-order valence-corrected chi connectivity index (χ2v) is 7.95. The molecule has 1 saturated heterocycles. The van der Waals surface area contributed by atoms with Crippen LogP contribution in [0.4, 0.5) is 0 Å². The van der Waals surface area contributed by atoms with E-state index in [1.54, 1.807) is 6.07 Å². The molecule has 0 saturated carbocycles. The highest BCUT2D eigenvalue weighted by atomic mass is 35.5. The summed E-state index contributed by atoms with van der Waals surface area (Å²) in [4.78, 5) is 2.84. The standard InChI is InChI=1S/C15H22N2O2S.ClH/c18-20(19)9-8-17(11-13-4-3-7-16-10-13)12-14-5-1-2-6-15(14)20;/h1-2,5-6,13,16H,3-4,7-12H2;1H. The molecular formula is C15H23ClN2O2S. The van der Waals surface area contributed by atoms with Crippen molar-refractivity contribution >= 4 is 22.2 Å². The van der Waals surface area contributed by atoms with Crippen molar-refractivity contribution in [3.63, 3.8) is 0 Å². The lowest BCUT2D eigenvalue weighted by molar-refractivity contribution is 0.211. The maximum Gasteiger partial charge on any atom is 0.179 e.